The average Bonchev–Trinajstić information content (AvgIpc) is 2.29. The number of pyridine rings is 1. The smallest absolute Gasteiger partial charge is 0.0704 e. The number of hydrogen-bond donors (Lipinski definition) is 1. The van der Waals surface area contributed by atoms with Crippen molar-refractivity contribution < 1.29 is 0 Å². The van der Waals surface area contributed by atoms with Crippen LogP contribution in [0.5, 0.6) is 0 Å². The van der Waals surface area contributed by atoms with Crippen LogP contribution in [0.15, 0.2) is 36.5 Å². The first-order valence-corrected chi connectivity index (χ1v) is 5.64. The summed E-state index contributed by atoms with van der Waals surface area (Å²) in [7, 11) is 2.00. The van der Waals surface area contributed by atoms with Gasteiger partial charge in [-0.1, -0.05) is 18.2 Å². The Balaban J connectivity index is 2.45. The van der Waals surface area contributed by atoms with E-state index in [2.05, 4.69) is 48.4 Å². The zero-order valence-corrected chi connectivity index (χ0v) is 10.1. The minimum Gasteiger partial charge on any atom is -0.314 e. The van der Waals surface area contributed by atoms with Gasteiger partial charge in [0, 0.05) is 17.1 Å². The van der Waals surface area contributed by atoms with Crippen LogP contribution in [-0.2, 0) is 6.42 Å². The molecule has 84 valence electrons. The maximum absolute atomic E-state index is 4.38. The van der Waals surface area contributed by atoms with E-state index in [-0.39, 0.29) is 5.54 Å². The first-order chi connectivity index (χ1) is 7.62. The molecule has 2 rings (SSSR count). The molecule has 2 nitrogen and oxygen atoms in total. The fraction of sp³-hybridized carbons (Fsp3) is 0.357. The third kappa shape index (κ3) is 2.22. The van der Waals surface area contributed by atoms with Crippen LogP contribution in [0, 0.1) is 0 Å². The van der Waals surface area contributed by atoms with E-state index in [0.717, 1.165) is 11.9 Å². The van der Waals surface area contributed by atoms with Crippen molar-refractivity contribution in [1.82, 2.24) is 10.3 Å². The Morgan fingerprint density at radius 3 is 2.69 bits per heavy atom. The van der Waals surface area contributed by atoms with E-state index in [1.807, 2.05) is 19.3 Å². The van der Waals surface area contributed by atoms with E-state index < -0.39 is 0 Å². The lowest BCUT2D eigenvalue weighted by molar-refractivity contribution is 0.423. The van der Waals surface area contributed by atoms with Gasteiger partial charge in [0.15, 0.2) is 0 Å². The van der Waals surface area contributed by atoms with E-state index in [4.69, 9.17) is 0 Å². The summed E-state index contributed by atoms with van der Waals surface area (Å²) in [6.07, 6.45) is 2.90. The van der Waals surface area contributed by atoms with Crippen LogP contribution in [0.2, 0.25) is 0 Å². The summed E-state index contributed by atoms with van der Waals surface area (Å²) in [6, 6.07) is 10.4. The van der Waals surface area contributed by atoms with Gasteiger partial charge in [-0.05, 0) is 45.0 Å². The Bertz CT molecular complexity index is 484. The van der Waals surface area contributed by atoms with Gasteiger partial charge >= 0.3 is 0 Å². The lowest BCUT2D eigenvalue weighted by Gasteiger charge is -2.24. The predicted octanol–water partition coefficient (Wildman–Crippen LogP) is 2.78. The van der Waals surface area contributed by atoms with Gasteiger partial charge in [0.05, 0.1) is 5.52 Å². The van der Waals surface area contributed by atoms with Gasteiger partial charge in [0.25, 0.3) is 0 Å². The highest BCUT2D eigenvalue weighted by molar-refractivity contribution is 5.81. The number of nitrogens with zero attached hydrogens (tertiary/aromatic N) is 1. The molecule has 0 aliphatic rings. The van der Waals surface area contributed by atoms with Crippen LogP contribution in [0.1, 0.15) is 19.4 Å². The van der Waals surface area contributed by atoms with Gasteiger partial charge in [-0.2, -0.15) is 0 Å². The summed E-state index contributed by atoms with van der Waals surface area (Å²) in [4.78, 5) is 4.38. The van der Waals surface area contributed by atoms with Crippen LogP contribution in [0.3, 0.4) is 0 Å². The lowest BCUT2D eigenvalue weighted by atomic mass is 9.93. The molecule has 0 aliphatic heterocycles. The minimum absolute atomic E-state index is 0.115. The van der Waals surface area contributed by atoms with Crippen molar-refractivity contribution in [3.8, 4) is 0 Å². The molecule has 0 aliphatic carbocycles. The zero-order valence-electron chi connectivity index (χ0n) is 10.1. The average molecular weight is 214 g/mol. The van der Waals surface area contributed by atoms with Crippen molar-refractivity contribution in [3.05, 3.63) is 42.1 Å². The molecule has 16 heavy (non-hydrogen) atoms. The molecule has 0 bridgehead atoms. The normalized spacial score (nSPS) is 11.9. The highest BCUT2D eigenvalue weighted by Gasteiger charge is 2.16. The molecule has 1 aromatic heterocycles. The van der Waals surface area contributed by atoms with Crippen molar-refractivity contribution in [1.29, 1.82) is 0 Å². The molecule has 2 heteroatoms. The molecule has 1 heterocycles. The van der Waals surface area contributed by atoms with Gasteiger partial charge in [-0.25, -0.2) is 0 Å². The number of aromatic nitrogens is 1. The third-order valence-corrected chi connectivity index (χ3v) is 3.05. The monoisotopic (exact) mass is 214 g/mol. The van der Waals surface area contributed by atoms with Crippen LogP contribution in [0.4, 0.5) is 0 Å². The maximum Gasteiger partial charge on any atom is 0.0704 e. The van der Waals surface area contributed by atoms with Gasteiger partial charge in [-0.3, -0.25) is 4.98 Å². The molecule has 2 aromatic rings. The summed E-state index contributed by atoms with van der Waals surface area (Å²) in [6.45, 7) is 4.42. The molecule has 0 unspecified atom stereocenters. The number of benzene rings is 1. The van der Waals surface area contributed by atoms with Gasteiger partial charge < -0.3 is 5.32 Å². The molecule has 0 atom stereocenters. The van der Waals surface area contributed by atoms with Gasteiger partial charge in [0.2, 0.25) is 0 Å². The second kappa shape index (κ2) is 4.22. The third-order valence-electron chi connectivity index (χ3n) is 3.05. The topological polar surface area (TPSA) is 24.9 Å². The zero-order chi connectivity index (χ0) is 11.6. The summed E-state index contributed by atoms with van der Waals surface area (Å²) in [5, 5.41) is 4.59. The molecule has 0 saturated carbocycles. The van der Waals surface area contributed by atoms with Crippen molar-refractivity contribution in [3.63, 3.8) is 0 Å². The second-order valence-electron chi connectivity index (χ2n) is 4.80. The number of rotatable bonds is 3. The van der Waals surface area contributed by atoms with Crippen molar-refractivity contribution in [2.75, 3.05) is 7.05 Å². The molecule has 0 amide bonds. The Kier molecular flexibility index (Phi) is 2.92. The summed E-state index contributed by atoms with van der Waals surface area (Å²) in [5.41, 5.74) is 2.54. The fourth-order valence-corrected chi connectivity index (χ4v) is 1.87. The Labute approximate surface area is 96.7 Å². The molecule has 0 saturated heterocycles. The van der Waals surface area contributed by atoms with Crippen LogP contribution < -0.4 is 5.32 Å². The molecule has 0 spiro atoms. The highest BCUT2D eigenvalue weighted by atomic mass is 14.9. The van der Waals surface area contributed by atoms with Crippen LogP contribution in [0.25, 0.3) is 10.9 Å². The minimum atomic E-state index is 0.115. The highest BCUT2D eigenvalue weighted by Crippen LogP contribution is 2.20. The van der Waals surface area contributed by atoms with Crippen molar-refractivity contribution in [2.45, 2.75) is 25.8 Å². The number of hydrogen-bond acceptors (Lipinski definition) is 2. The largest absolute Gasteiger partial charge is 0.314 e. The van der Waals surface area contributed by atoms with E-state index in [1.165, 1.54) is 10.9 Å². The SMILES string of the molecule is CNC(C)(C)Cc1ccnc2ccccc12. The first kappa shape index (κ1) is 11.1. The Morgan fingerprint density at radius 2 is 1.94 bits per heavy atom. The van der Waals surface area contributed by atoms with Crippen molar-refractivity contribution >= 4 is 10.9 Å². The quantitative estimate of drug-likeness (QED) is 0.849. The summed E-state index contributed by atoms with van der Waals surface area (Å²) in [5.74, 6) is 0. The lowest BCUT2D eigenvalue weighted by Crippen LogP contribution is -2.38. The summed E-state index contributed by atoms with van der Waals surface area (Å²) < 4.78 is 0. The second-order valence-corrected chi connectivity index (χ2v) is 4.80. The van der Waals surface area contributed by atoms with E-state index in [0.29, 0.717) is 0 Å². The molecule has 1 N–H and O–H groups in total. The number of fused-ring (bicyclic) bond motifs is 1. The number of likely N-dealkylation sites (N-methyl/N-ethyl adjacent to an activating group) is 1. The molecule has 0 radical (unpaired) electrons. The fourth-order valence-electron chi connectivity index (χ4n) is 1.87. The molecule has 1 aromatic carbocycles. The van der Waals surface area contributed by atoms with Gasteiger partial charge in [-0.15, -0.1) is 0 Å². The molecular weight excluding hydrogens is 196 g/mol. The van der Waals surface area contributed by atoms with E-state index in [1.54, 1.807) is 0 Å². The maximum atomic E-state index is 4.38. The Morgan fingerprint density at radius 1 is 1.19 bits per heavy atom. The van der Waals surface area contributed by atoms with E-state index in [9.17, 15) is 0 Å². The number of nitrogens with one attached hydrogen (secondary N) is 1. The van der Waals surface area contributed by atoms with E-state index >= 15 is 0 Å². The standard InChI is InChI=1S/C14H18N2/c1-14(2,15-3)10-11-8-9-16-13-7-5-4-6-12(11)13/h4-9,15H,10H2,1-3H3. The summed E-state index contributed by atoms with van der Waals surface area (Å²) >= 11 is 0. The molecular formula is C14H18N2. The number of para-hydroxylation sites is 1. The van der Waals surface area contributed by atoms with Gasteiger partial charge in [0.1, 0.15) is 0 Å². The molecule has 0 fully saturated rings. The Hall–Kier alpha value is -1.41. The van der Waals surface area contributed by atoms with Crippen LogP contribution in [-0.4, -0.2) is 17.6 Å². The first-order valence-electron chi connectivity index (χ1n) is 5.64. The van der Waals surface area contributed by atoms with Crippen LogP contribution >= 0.6 is 0 Å². The predicted molar refractivity (Wildman–Crippen MR) is 68.6 cm³/mol. The van der Waals surface area contributed by atoms with Crippen molar-refractivity contribution in [2.24, 2.45) is 0 Å².